The van der Waals surface area contributed by atoms with Gasteiger partial charge in [-0.25, -0.2) is 4.39 Å². The first-order valence-corrected chi connectivity index (χ1v) is 6.03. The number of rotatable bonds is 1. The molecule has 1 saturated heterocycles. The number of hydrogen-bond acceptors (Lipinski definition) is 3. The van der Waals surface area contributed by atoms with E-state index in [9.17, 15) is 14.6 Å². The highest BCUT2D eigenvalue weighted by molar-refractivity contribution is 9.10. The number of halogens is 2. The van der Waals surface area contributed by atoms with Crippen LogP contribution in [-0.4, -0.2) is 16.8 Å². The van der Waals surface area contributed by atoms with Crippen molar-refractivity contribution in [3.8, 4) is 11.5 Å². The van der Waals surface area contributed by atoms with Crippen molar-refractivity contribution in [3.63, 3.8) is 0 Å². The van der Waals surface area contributed by atoms with Crippen LogP contribution < -0.4 is 5.32 Å². The number of phenolic OH excluding ortho intramolecular Hbond substituents is 2. The summed E-state index contributed by atoms with van der Waals surface area (Å²) in [4.78, 5) is 0. The Morgan fingerprint density at radius 2 is 2.12 bits per heavy atom. The zero-order chi connectivity index (χ0) is 11.7. The lowest BCUT2D eigenvalue weighted by atomic mass is 9.96. The molecule has 0 spiro atoms. The Bertz CT molecular complexity index is 379. The average molecular weight is 290 g/mol. The van der Waals surface area contributed by atoms with Crippen LogP contribution in [0.2, 0.25) is 0 Å². The molecule has 5 heteroatoms. The van der Waals surface area contributed by atoms with Gasteiger partial charge >= 0.3 is 0 Å². The van der Waals surface area contributed by atoms with Gasteiger partial charge in [0, 0.05) is 12.1 Å². The fourth-order valence-electron chi connectivity index (χ4n) is 2.04. The smallest absolute Gasteiger partial charge is 0.165 e. The monoisotopic (exact) mass is 289 g/mol. The highest BCUT2D eigenvalue weighted by Crippen LogP contribution is 2.41. The highest BCUT2D eigenvalue weighted by Gasteiger charge is 2.25. The second-order valence-corrected chi connectivity index (χ2v) is 4.81. The van der Waals surface area contributed by atoms with Gasteiger partial charge in [0.2, 0.25) is 0 Å². The van der Waals surface area contributed by atoms with Crippen LogP contribution in [0.1, 0.15) is 30.9 Å². The zero-order valence-electron chi connectivity index (χ0n) is 8.63. The van der Waals surface area contributed by atoms with Crippen LogP contribution in [0.15, 0.2) is 10.5 Å². The fourth-order valence-corrected chi connectivity index (χ4v) is 2.47. The van der Waals surface area contributed by atoms with Crippen molar-refractivity contribution in [2.24, 2.45) is 0 Å². The molecule has 3 nitrogen and oxygen atoms in total. The quantitative estimate of drug-likeness (QED) is 0.697. The molecule has 0 bridgehead atoms. The predicted molar refractivity (Wildman–Crippen MR) is 62.0 cm³/mol. The van der Waals surface area contributed by atoms with E-state index in [2.05, 4.69) is 21.2 Å². The van der Waals surface area contributed by atoms with Crippen molar-refractivity contribution in [2.75, 3.05) is 6.54 Å². The Balaban J connectivity index is 2.45. The van der Waals surface area contributed by atoms with E-state index in [-0.39, 0.29) is 27.6 Å². The summed E-state index contributed by atoms with van der Waals surface area (Å²) in [5.74, 6) is -1.16. The molecule has 3 N–H and O–H groups in total. The topological polar surface area (TPSA) is 52.5 Å². The Morgan fingerprint density at radius 3 is 2.75 bits per heavy atom. The Labute approximate surface area is 101 Å². The van der Waals surface area contributed by atoms with E-state index in [1.54, 1.807) is 0 Å². The van der Waals surface area contributed by atoms with Crippen LogP contribution in [0, 0.1) is 5.82 Å². The third kappa shape index (κ3) is 2.01. The number of phenols is 2. The minimum atomic E-state index is -0.505. The van der Waals surface area contributed by atoms with Crippen molar-refractivity contribution in [1.29, 1.82) is 0 Å². The first-order chi connectivity index (χ1) is 7.61. The van der Waals surface area contributed by atoms with E-state index in [0.29, 0.717) is 0 Å². The van der Waals surface area contributed by atoms with Crippen molar-refractivity contribution in [3.05, 3.63) is 21.9 Å². The van der Waals surface area contributed by atoms with Gasteiger partial charge in [0.25, 0.3) is 0 Å². The molecule has 88 valence electrons. The van der Waals surface area contributed by atoms with Crippen molar-refractivity contribution in [1.82, 2.24) is 5.32 Å². The summed E-state index contributed by atoms with van der Waals surface area (Å²) in [5.41, 5.74) is 0.159. The Kier molecular flexibility index (Phi) is 3.35. The summed E-state index contributed by atoms with van der Waals surface area (Å²) in [7, 11) is 0. The molecule has 1 aromatic rings. The maximum absolute atomic E-state index is 13.9. The second-order valence-electron chi connectivity index (χ2n) is 3.96. The minimum Gasteiger partial charge on any atom is -0.504 e. The number of piperidine rings is 1. The van der Waals surface area contributed by atoms with E-state index >= 15 is 0 Å². The summed E-state index contributed by atoms with van der Waals surface area (Å²) in [6, 6.07) is 0.939. The molecule has 1 unspecified atom stereocenters. The molecule has 0 aliphatic carbocycles. The summed E-state index contributed by atoms with van der Waals surface area (Å²) < 4.78 is 14.0. The van der Waals surface area contributed by atoms with Gasteiger partial charge in [-0.05, 0) is 35.3 Å². The maximum atomic E-state index is 13.9. The van der Waals surface area contributed by atoms with E-state index in [1.807, 2.05) is 0 Å². The van der Waals surface area contributed by atoms with Gasteiger partial charge in [-0.3, -0.25) is 0 Å². The standard InChI is InChI=1S/C11H13BrFNO2/c12-6-5-8(15)11(16)9(10(6)13)7-3-1-2-4-14-7/h5,7,14-16H,1-4H2. The Morgan fingerprint density at radius 1 is 1.38 bits per heavy atom. The molecule has 0 radical (unpaired) electrons. The van der Waals surface area contributed by atoms with Gasteiger partial charge < -0.3 is 15.5 Å². The lowest BCUT2D eigenvalue weighted by molar-refractivity contribution is 0.356. The third-order valence-electron chi connectivity index (χ3n) is 2.87. The number of hydrogen-bond donors (Lipinski definition) is 3. The summed E-state index contributed by atoms with van der Waals surface area (Å²) >= 11 is 3.02. The van der Waals surface area contributed by atoms with Crippen molar-refractivity contribution < 1.29 is 14.6 Å². The van der Waals surface area contributed by atoms with Gasteiger partial charge in [0.15, 0.2) is 11.5 Å². The molecular formula is C11H13BrFNO2. The summed E-state index contributed by atoms with van der Waals surface area (Å²) in [6.45, 7) is 0.802. The van der Waals surface area contributed by atoms with Gasteiger partial charge in [0.1, 0.15) is 5.82 Å². The molecule has 2 rings (SSSR count). The first kappa shape index (κ1) is 11.7. The molecular weight excluding hydrogens is 277 g/mol. The van der Waals surface area contributed by atoms with Crippen LogP contribution in [-0.2, 0) is 0 Å². The molecule has 1 fully saturated rings. The average Bonchev–Trinajstić information content (AvgIpc) is 2.28. The molecule has 1 aliphatic heterocycles. The van der Waals surface area contributed by atoms with Gasteiger partial charge in [-0.15, -0.1) is 0 Å². The predicted octanol–water partition coefficient (Wildman–Crippen LogP) is 2.81. The van der Waals surface area contributed by atoms with Gasteiger partial charge in [-0.2, -0.15) is 0 Å². The molecule has 1 aromatic carbocycles. The van der Waals surface area contributed by atoms with E-state index in [4.69, 9.17) is 0 Å². The second kappa shape index (κ2) is 4.59. The molecule has 16 heavy (non-hydrogen) atoms. The van der Waals surface area contributed by atoms with Crippen LogP contribution in [0.3, 0.4) is 0 Å². The maximum Gasteiger partial charge on any atom is 0.165 e. The van der Waals surface area contributed by atoms with Crippen molar-refractivity contribution in [2.45, 2.75) is 25.3 Å². The lowest BCUT2D eigenvalue weighted by Crippen LogP contribution is -2.27. The van der Waals surface area contributed by atoms with E-state index < -0.39 is 5.82 Å². The van der Waals surface area contributed by atoms with Crippen LogP contribution >= 0.6 is 15.9 Å². The number of aromatic hydroxyl groups is 2. The van der Waals surface area contributed by atoms with Crippen LogP contribution in [0.25, 0.3) is 0 Å². The molecule has 0 amide bonds. The van der Waals surface area contributed by atoms with E-state index in [1.165, 1.54) is 0 Å². The first-order valence-electron chi connectivity index (χ1n) is 5.24. The zero-order valence-corrected chi connectivity index (χ0v) is 10.2. The Hall–Kier alpha value is -0.810. The molecule has 1 atom stereocenters. The third-order valence-corrected chi connectivity index (χ3v) is 3.44. The van der Waals surface area contributed by atoms with Crippen LogP contribution in [0.4, 0.5) is 4.39 Å². The number of benzene rings is 1. The molecule has 0 saturated carbocycles. The fraction of sp³-hybridized carbons (Fsp3) is 0.455. The summed E-state index contributed by atoms with van der Waals surface area (Å²) in [5, 5.41) is 22.3. The summed E-state index contributed by atoms with van der Waals surface area (Å²) in [6.07, 6.45) is 2.81. The van der Waals surface area contributed by atoms with Gasteiger partial charge in [-0.1, -0.05) is 6.42 Å². The molecule has 1 heterocycles. The molecule has 0 aromatic heterocycles. The molecule has 1 aliphatic rings. The van der Waals surface area contributed by atoms with Gasteiger partial charge in [0.05, 0.1) is 10.0 Å². The lowest BCUT2D eigenvalue weighted by Gasteiger charge is -2.25. The van der Waals surface area contributed by atoms with Crippen molar-refractivity contribution >= 4 is 15.9 Å². The SMILES string of the molecule is Oc1cc(Br)c(F)c(C2CCCCN2)c1O. The van der Waals surface area contributed by atoms with Crippen LogP contribution in [0.5, 0.6) is 11.5 Å². The highest BCUT2D eigenvalue weighted by atomic mass is 79.9. The normalized spacial score (nSPS) is 21.0. The number of nitrogens with one attached hydrogen (secondary N) is 1. The van der Waals surface area contributed by atoms with E-state index in [0.717, 1.165) is 31.9 Å². The largest absolute Gasteiger partial charge is 0.504 e. The minimum absolute atomic E-state index is 0.159.